The molecule has 0 radical (unpaired) electrons. The van der Waals surface area contributed by atoms with E-state index < -0.39 is 10.0 Å². The van der Waals surface area contributed by atoms with Gasteiger partial charge in [-0.3, -0.25) is 0 Å². The highest BCUT2D eigenvalue weighted by molar-refractivity contribution is 7.89. The predicted molar refractivity (Wildman–Crippen MR) is 107 cm³/mol. The van der Waals surface area contributed by atoms with Crippen LogP contribution < -0.4 is 10.5 Å². The van der Waals surface area contributed by atoms with E-state index in [4.69, 9.17) is 5.73 Å². The molecule has 0 saturated heterocycles. The van der Waals surface area contributed by atoms with Crippen molar-refractivity contribution in [3.05, 3.63) is 24.3 Å². The van der Waals surface area contributed by atoms with Crippen LogP contribution in [-0.4, -0.2) is 15.0 Å². The van der Waals surface area contributed by atoms with E-state index in [1.807, 2.05) is 0 Å². The van der Waals surface area contributed by atoms with Crippen LogP contribution in [0.15, 0.2) is 29.2 Å². The van der Waals surface area contributed by atoms with Gasteiger partial charge in [0.25, 0.3) is 0 Å². The van der Waals surface area contributed by atoms with Gasteiger partial charge in [0.05, 0.1) is 4.90 Å². The predicted octanol–water partition coefficient (Wildman–Crippen LogP) is 5.25. The van der Waals surface area contributed by atoms with Crippen LogP contribution in [0.25, 0.3) is 0 Å². The van der Waals surface area contributed by atoms with Crippen molar-refractivity contribution in [1.29, 1.82) is 0 Å². The Morgan fingerprint density at radius 1 is 0.760 bits per heavy atom. The summed E-state index contributed by atoms with van der Waals surface area (Å²) in [7, 11) is -3.40. The molecule has 3 N–H and O–H groups in total. The standard InChI is InChI=1S/C20H36N2O2S/c1-2-3-4-5-6-7-8-9-10-11-12-13-18-22-25(23,24)20-16-14-19(21)15-17-20/h14-17,22H,2-13,18,21H2,1H3. The summed E-state index contributed by atoms with van der Waals surface area (Å²) < 4.78 is 26.8. The Morgan fingerprint density at radius 3 is 1.68 bits per heavy atom. The molecule has 0 fully saturated rings. The Hall–Kier alpha value is -1.07. The second-order valence-electron chi connectivity index (χ2n) is 6.86. The summed E-state index contributed by atoms with van der Waals surface area (Å²) in [6.45, 7) is 2.76. The Balaban J connectivity index is 1.97. The van der Waals surface area contributed by atoms with Crippen molar-refractivity contribution in [2.45, 2.75) is 88.9 Å². The minimum absolute atomic E-state index is 0.278. The van der Waals surface area contributed by atoms with Crippen LogP contribution in [0, 0.1) is 0 Å². The van der Waals surface area contributed by atoms with Crippen LogP contribution in [0.4, 0.5) is 5.69 Å². The number of nitrogen functional groups attached to an aromatic ring is 1. The highest BCUT2D eigenvalue weighted by Crippen LogP contribution is 2.13. The van der Waals surface area contributed by atoms with Crippen molar-refractivity contribution >= 4 is 15.7 Å². The van der Waals surface area contributed by atoms with Crippen molar-refractivity contribution in [2.75, 3.05) is 12.3 Å². The zero-order chi connectivity index (χ0) is 18.4. The van der Waals surface area contributed by atoms with Crippen molar-refractivity contribution in [2.24, 2.45) is 0 Å². The maximum absolute atomic E-state index is 12.1. The number of hydrogen-bond acceptors (Lipinski definition) is 3. The van der Waals surface area contributed by atoms with Crippen LogP contribution in [0.1, 0.15) is 84.0 Å². The van der Waals surface area contributed by atoms with E-state index in [1.54, 1.807) is 24.3 Å². The lowest BCUT2D eigenvalue weighted by Gasteiger charge is -2.07. The highest BCUT2D eigenvalue weighted by atomic mass is 32.2. The van der Waals surface area contributed by atoms with E-state index in [-0.39, 0.29) is 4.90 Å². The van der Waals surface area contributed by atoms with Crippen LogP contribution in [0.3, 0.4) is 0 Å². The summed E-state index contributed by atoms with van der Waals surface area (Å²) in [5.74, 6) is 0. The van der Waals surface area contributed by atoms with Crippen molar-refractivity contribution < 1.29 is 8.42 Å². The van der Waals surface area contributed by atoms with Crippen molar-refractivity contribution in [1.82, 2.24) is 4.72 Å². The molecule has 0 amide bonds. The maximum Gasteiger partial charge on any atom is 0.240 e. The molecule has 0 heterocycles. The smallest absolute Gasteiger partial charge is 0.240 e. The number of sulfonamides is 1. The molecule has 144 valence electrons. The molecule has 25 heavy (non-hydrogen) atoms. The average Bonchev–Trinajstić information content (AvgIpc) is 2.59. The third-order valence-corrected chi connectivity index (χ3v) is 5.99. The first-order valence-electron chi connectivity index (χ1n) is 9.91. The maximum atomic E-state index is 12.1. The van der Waals surface area contributed by atoms with E-state index in [2.05, 4.69) is 11.6 Å². The molecule has 0 spiro atoms. The van der Waals surface area contributed by atoms with Gasteiger partial charge >= 0.3 is 0 Å². The molecule has 0 aliphatic heterocycles. The Kier molecular flexibility index (Phi) is 11.6. The Labute approximate surface area is 154 Å². The van der Waals surface area contributed by atoms with E-state index in [0.717, 1.165) is 12.8 Å². The summed E-state index contributed by atoms with van der Waals surface area (Å²) in [6.07, 6.45) is 15.3. The zero-order valence-electron chi connectivity index (χ0n) is 15.8. The van der Waals surface area contributed by atoms with Crippen LogP contribution in [0.5, 0.6) is 0 Å². The molecular formula is C20H36N2O2S. The van der Waals surface area contributed by atoms with Crippen molar-refractivity contribution in [3.63, 3.8) is 0 Å². The van der Waals surface area contributed by atoms with Gasteiger partial charge in [0.1, 0.15) is 0 Å². The van der Waals surface area contributed by atoms with Gasteiger partial charge in [0, 0.05) is 12.2 Å². The van der Waals surface area contributed by atoms with Crippen LogP contribution >= 0.6 is 0 Å². The molecule has 5 heteroatoms. The number of anilines is 1. The second-order valence-corrected chi connectivity index (χ2v) is 8.62. The van der Waals surface area contributed by atoms with Gasteiger partial charge in [0.2, 0.25) is 10.0 Å². The molecule has 0 aliphatic rings. The van der Waals surface area contributed by atoms with E-state index >= 15 is 0 Å². The lowest BCUT2D eigenvalue weighted by atomic mass is 10.1. The summed E-state index contributed by atoms with van der Waals surface area (Å²) in [5, 5.41) is 0. The van der Waals surface area contributed by atoms with Gasteiger partial charge in [-0.2, -0.15) is 0 Å². The number of hydrogen-bond donors (Lipinski definition) is 2. The van der Waals surface area contributed by atoms with Gasteiger partial charge in [-0.05, 0) is 30.7 Å². The van der Waals surface area contributed by atoms with Crippen molar-refractivity contribution in [3.8, 4) is 0 Å². The lowest BCUT2D eigenvalue weighted by Crippen LogP contribution is -2.24. The number of unbranched alkanes of at least 4 members (excludes halogenated alkanes) is 11. The SMILES string of the molecule is CCCCCCCCCCCCCCNS(=O)(=O)c1ccc(N)cc1. The minimum atomic E-state index is -3.40. The molecular weight excluding hydrogens is 332 g/mol. The third kappa shape index (κ3) is 10.5. The molecule has 1 aromatic carbocycles. The molecule has 1 rings (SSSR count). The van der Waals surface area contributed by atoms with E-state index in [9.17, 15) is 8.42 Å². The summed E-state index contributed by atoms with van der Waals surface area (Å²) >= 11 is 0. The number of nitrogens with one attached hydrogen (secondary N) is 1. The molecule has 0 saturated carbocycles. The van der Waals surface area contributed by atoms with Gasteiger partial charge in [-0.15, -0.1) is 0 Å². The fraction of sp³-hybridized carbons (Fsp3) is 0.700. The first kappa shape index (κ1) is 22.0. The number of rotatable bonds is 15. The van der Waals surface area contributed by atoms with Gasteiger partial charge in [-0.25, -0.2) is 13.1 Å². The number of nitrogens with two attached hydrogens (primary N) is 1. The normalized spacial score (nSPS) is 11.7. The quantitative estimate of drug-likeness (QED) is 0.328. The monoisotopic (exact) mass is 368 g/mol. The molecule has 0 aromatic heterocycles. The largest absolute Gasteiger partial charge is 0.399 e. The lowest BCUT2D eigenvalue weighted by molar-refractivity contribution is 0.540. The van der Waals surface area contributed by atoms with Crippen LogP contribution in [-0.2, 0) is 10.0 Å². The summed E-state index contributed by atoms with van der Waals surface area (Å²) in [5.41, 5.74) is 6.15. The second kappa shape index (κ2) is 13.2. The zero-order valence-corrected chi connectivity index (χ0v) is 16.6. The van der Waals surface area contributed by atoms with Gasteiger partial charge in [0.15, 0.2) is 0 Å². The van der Waals surface area contributed by atoms with Crippen LogP contribution in [0.2, 0.25) is 0 Å². The third-order valence-electron chi connectivity index (χ3n) is 4.51. The van der Waals surface area contributed by atoms with Gasteiger partial charge < -0.3 is 5.73 Å². The molecule has 0 unspecified atom stereocenters. The highest BCUT2D eigenvalue weighted by Gasteiger charge is 2.12. The topological polar surface area (TPSA) is 72.2 Å². The van der Waals surface area contributed by atoms with E-state index in [1.165, 1.54) is 64.2 Å². The fourth-order valence-electron chi connectivity index (χ4n) is 2.90. The Bertz CT molecular complexity index is 541. The first-order chi connectivity index (χ1) is 12.1. The molecule has 0 aliphatic carbocycles. The Morgan fingerprint density at radius 2 is 1.20 bits per heavy atom. The van der Waals surface area contributed by atoms with Gasteiger partial charge in [-0.1, -0.05) is 77.6 Å². The summed E-state index contributed by atoms with van der Waals surface area (Å²) in [6, 6.07) is 6.30. The van der Waals surface area contributed by atoms with E-state index in [0.29, 0.717) is 12.2 Å². The molecule has 1 aromatic rings. The minimum Gasteiger partial charge on any atom is -0.399 e. The summed E-state index contributed by atoms with van der Waals surface area (Å²) in [4.78, 5) is 0.278. The molecule has 4 nitrogen and oxygen atoms in total. The fourth-order valence-corrected chi connectivity index (χ4v) is 3.98. The number of benzene rings is 1. The average molecular weight is 369 g/mol. The molecule has 0 atom stereocenters. The molecule has 0 bridgehead atoms. The first-order valence-corrected chi connectivity index (χ1v) is 11.4.